The molecule has 2 aromatic rings. The van der Waals surface area contributed by atoms with Crippen molar-refractivity contribution >= 4 is 46.7 Å². The maximum absolute atomic E-state index is 13.5. The Morgan fingerprint density at radius 1 is 0.684 bits per heavy atom. The molecule has 2 atom stereocenters. The topological polar surface area (TPSA) is 169 Å². The van der Waals surface area contributed by atoms with Crippen LogP contribution < -0.4 is 21.3 Å². The number of esters is 2. The predicted molar refractivity (Wildman–Crippen MR) is 136 cm³/mol. The first-order valence-electron chi connectivity index (χ1n) is 11.6. The standard InChI is InChI=1S/C26H28N4O8/c1-27-17(25(35)37-3)11-19(31)29-15-9-10-16(30-20(32)12-18(28-2)26(36)38-4)22-21(15)23(33)13-7-5-6-8-14(13)24(22)34/h5-10,17-18,27-28H,11-12H2,1-4H3,(H,29,31)(H,30,32). The molecule has 0 aromatic heterocycles. The molecule has 0 saturated carbocycles. The van der Waals surface area contributed by atoms with E-state index in [0.29, 0.717) is 0 Å². The highest BCUT2D eigenvalue weighted by atomic mass is 16.5. The van der Waals surface area contributed by atoms with Crippen LogP contribution in [0, 0.1) is 0 Å². The number of anilines is 2. The van der Waals surface area contributed by atoms with Gasteiger partial charge >= 0.3 is 11.9 Å². The van der Waals surface area contributed by atoms with Gasteiger partial charge in [-0.2, -0.15) is 0 Å². The Labute approximate surface area is 218 Å². The summed E-state index contributed by atoms with van der Waals surface area (Å²) in [7, 11) is 5.37. The number of fused-ring (bicyclic) bond motifs is 2. The number of amides is 2. The molecule has 0 bridgehead atoms. The molecule has 12 nitrogen and oxygen atoms in total. The Hall–Kier alpha value is -4.42. The minimum absolute atomic E-state index is 0.0400. The summed E-state index contributed by atoms with van der Waals surface area (Å²) >= 11 is 0. The van der Waals surface area contributed by atoms with Gasteiger partial charge < -0.3 is 30.7 Å². The monoisotopic (exact) mass is 524 g/mol. The molecular formula is C26H28N4O8. The second-order valence-corrected chi connectivity index (χ2v) is 8.35. The Morgan fingerprint density at radius 3 is 1.37 bits per heavy atom. The largest absolute Gasteiger partial charge is 0.468 e. The molecule has 0 saturated heterocycles. The number of hydrogen-bond acceptors (Lipinski definition) is 10. The fraction of sp³-hybridized carbons (Fsp3) is 0.308. The lowest BCUT2D eigenvalue weighted by atomic mass is 9.82. The summed E-state index contributed by atoms with van der Waals surface area (Å²) in [5, 5.41) is 10.6. The number of benzene rings is 2. The lowest BCUT2D eigenvalue weighted by molar-refractivity contribution is -0.144. The van der Waals surface area contributed by atoms with Gasteiger partial charge in [0.15, 0.2) is 11.6 Å². The van der Waals surface area contributed by atoms with E-state index in [-0.39, 0.29) is 46.5 Å². The van der Waals surface area contributed by atoms with Crippen molar-refractivity contribution in [2.24, 2.45) is 0 Å². The molecule has 4 N–H and O–H groups in total. The van der Waals surface area contributed by atoms with Crippen LogP contribution in [0.25, 0.3) is 0 Å². The van der Waals surface area contributed by atoms with E-state index in [1.165, 1.54) is 52.6 Å². The van der Waals surface area contributed by atoms with Crippen LogP contribution in [0.15, 0.2) is 36.4 Å². The van der Waals surface area contributed by atoms with Gasteiger partial charge in [-0.1, -0.05) is 24.3 Å². The smallest absolute Gasteiger partial charge is 0.323 e. The molecule has 1 aliphatic rings. The van der Waals surface area contributed by atoms with Gasteiger partial charge in [-0.15, -0.1) is 0 Å². The Bertz CT molecular complexity index is 1210. The summed E-state index contributed by atoms with van der Waals surface area (Å²) < 4.78 is 9.34. The molecule has 0 fully saturated rings. The number of hydrogen-bond donors (Lipinski definition) is 4. The van der Waals surface area contributed by atoms with Gasteiger partial charge in [-0.05, 0) is 26.2 Å². The Balaban J connectivity index is 2.00. The maximum atomic E-state index is 13.5. The van der Waals surface area contributed by atoms with Crippen LogP contribution in [0.2, 0.25) is 0 Å². The molecule has 0 radical (unpaired) electrons. The van der Waals surface area contributed by atoms with Crippen molar-refractivity contribution < 1.29 is 38.2 Å². The first-order valence-corrected chi connectivity index (χ1v) is 11.6. The summed E-state index contributed by atoms with van der Waals surface area (Å²) in [6, 6.07) is 7.12. The number of carbonyl (C=O) groups excluding carboxylic acids is 6. The van der Waals surface area contributed by atoms with Crippen LogP contribution in [0.3, 0.4) is 0 Å². The molecule has 12 heteroatoms. The molecule has 2 aromatic carbocycles. The van der Waals surface area contributed by atoms with Crippen molar-refractivity contribution in [3.63, 3.8) is 0 Å². The summed E-state index contributed by atoms with van der Waals surface area (Å²) in [4.78, 5) is 76.3. The van der Waals surface area contributed by atoms with Gasteiger partial charge in [0.05, 0.1) is 49.6 Å². The van der Waals surface area contributed by atoms with E-state index in [9.17, 15) is 28.8 Å². The third-order valence-electron chi connectivity index (χ3n) is 6.07. The molecule has 200 valence electrons. The van der Waals surface area contributed by atoms with Gasteiger partial charge in [0.2, 0.25) is 11.8 Å². The molecule has 38 heavy (non-hydrogen) atoms. The van der Waals surface area contributed by atoms with Crippen molar-refractivity contribution in [3.8, 4) is 0 Å². The molecular weight excluding hydrogens is 496 g/mol. The molecule has 0 aliphatic heterocycles. The van der Waals surface area contributed by atoms with E-state index in [1.807, 2.05) is 0 Å². The minimum atomic E-state index is -0.928. The zero-order chi connectivity index (χ0) is 28.0. The summed E-state index contributed by atoms with van der Waals surface area (Å²) in [6.07, 6.45) is -0.595. The minimum Gasteiger partial charge on any atom is -0.468 e. The van der Waals surface area contributed by atoms with E-state index in [2.05, 4.69) is 30.7 Å². The third kappa shape index (κ3) is 5.76. The van der Waals surface area contributed by atoms with Crippen LogP contribution >= 0.6 is 0 Å². The number of ketones is 2. The van der Waals surface area contributed by atoms with E-state index in [4.69, 9.17) is 0 Å². The SMILES string of the molecule is CNC(CC(=O)Nc1ccc(NC(=O)CC(NC)C(=O)OC)c2c1C(=O)c1ccccc1C2=O)C(=O)OC. The van der Waals surface area contributed by atoms with Crippen molar-refractivity contribution in [2.75, 3.05) is 38.9 Å². The lowest BCUT2D eigenvalue weighted by Crippen LogP contribution is -2.38. The average Bonchev–Trinajstić information content (AvgIpc) is 2.92. The van der Waals surface area contributed by atoms with Gasteiger partial charge in [-0.25, -0.2) is 0 Å². The van der Waals surface area contributed by atoms with Crippen molar-refractivity contribution in [1.29, 1.82) is 0 Å². The van der Waals surface area contributed by atoms with Crippen LogP contribution in [0.5, 0.6) is 0 Å². The zero-order valence-corrected chi connectivity index (χ0v) is 21.3. The first-order chi connectivity index (χ1) is 18.2. The predicted octanol–water partition coefficient (Wildman–Crippen LogP) is 0.641. The van der Waals surface area contributed by atoms with E-state index in [1.54, 1.807) is 12.1 Å². The van der Waals surface area contributed by atoms with E-state index in [0.717, 1.165) is 0 Å². The molecule has 1 aliphatic carbocycles. The summed E-state index contributed by atoms with van der Waals surface area (Å²) in [6.45, 7) is 0. The second-order valence-electron chi connectivity index (χ2n) is 8.35. The highest BCUT2D eigenvalue weighted by Crippen LogP contribution is 2.36. The highest BCUT2D eigenvalue weighted by Gasteiger charge is 2.35. The molecule has 3 rings (SSSR count). The Morgan fingerprint density at radius 2 is 1.05 bits per heavy atom. The van der Waals surface area contributed by atoms with Crippen LogP contribution in [0.4, 0.5) is 11.4 Å². The molecule has 2 amide bonds. The highest BCUT2D eigenvalue weighted by molar-refractivity contribution is 6.32. The fourth-order valence-corrected chi connectivity index (χ4v) is 4.10. The molecule has 2 unspecified atom stereocenters. The summed E-state index contributed by atoms with van der Waals surface area (Å²) in [5.41, 5.74) is 0.172. The third-order valence-corrected chi connectivity index (χ3v) is 6.07. The quantitative estimate of drug-likeness (QED) is 0.276. The number of methoxy groups -OCH3 is 2. The number of likely N-dealkylation sites (N-methyl/N-ethyl adjacent to an activating group) is 2. The fourth-order valence-electron chi connectivity index (χ4n) is 4.10. The molecule has 0 spiro atoms. The number of rotatable bonds is 10. The van der Waals surface area contributed by atoms with Crippen molar-refractivity contribution in [3.05, 3.63) is 58.7 Å². The zero-order valence-electron chi connectivity index (χ0n) is 21.3. The van der Waals surface area contributed by atoms with E-state index >= 15 is 0 Å². The van der Waals surface area contributed by atoms with Gasteiger partial charge in [0.25, 0.3) is 0 Å². The van der Waals surface area contributed by atoms with Crippen molar-refractivity contribution in [1.82, 2.24) is 10.6 Å². The lowest BCUT2D eigenvalue weighted by Gasteiger charge is -2.24. The van der Waals surface area contributed by atoms with Gasteiger partial charge in [0, 0.05) is 11.1 Å². The van der Waals surface area contributed by atoms with E-state index < -0.39 is 47.4 Å². The normalized spacial score (nSPS) is 13.5. The second kappa shape index (κ2) is 12.2. The summed E-state index contributed by atoms with van der Waals surface area (Å²) in [5.74, 6) is -3.56. The molecule has 0 heterocycles. The van der Waals surface area contributed by atoms with Gasteiger partial charge in [-0.3, -0.25) is 28.8 Å². The maximum Gasteiger partial charge on any atom is 0.323 e. The first kappa shape index (κ1) is 28.2. The van der Waals surface area contributed by atoms with Crippen LogP contribution in [-0.2, 0) is 28.7 Å². The van der Waals surface area contributed by atoms with Crippen molar-refractivity contribution in [2.45, 2.75) is 24.9 Å². The number of carbonyl (C=O) groups is 6. The van der Waals surface area contributed by atoms with Crippen LogP contribution in [0.1, 0.15) is 44.7 Å². The van der Waals surface area contributed by atoms with Crippen LogP contribution in [-0.4, -0.2) is 75.7 Å². The van der Waals surface area contributed by atoms with Gasteiger partial charge in [0.1, 0.15) is 12.1 Å². The number of ether oxygens (including phenoxy) is 2. The number of nitrogens with one attached hydrogen (secondary N) is 4. The Kier molecular flexibility index (Phi) is 9.05. The average molecular weight is 525 g/mol.